The zero-order valence-corrected chi connectivity index (χ0v) is 19.6. The second-order valence-electron chi connectivity index (χ2n) is 8.45. The highest BCUT2D eigenvalue weighted by molar-refractivity contribution is 7.22. The van der Waals surface area contributed by atoms with E-state index >= 15 is 0 Å². The maximum atomic E-state index is 12.4. The number of nitrogens with zero attached hydrogens (tertiary/aromatic N) is 4. The number of fused-ring (bicyclic) bond motifs is 1. The predicted molar refractivity (Wildman–Crippen MR) is 131 cm³/mol. The first-order chi connectivity index (χ1) is 14.9. The molecule has 0 saturated carbocycles. The van der Waals surface area contributed by atoms with Crippen LogP contribution >= 0.6 is 11.3 Å². The number of piperazine rings is 1. The molecule has 6 nitrogen and oxygen atoms in total. The summed E-state index contributed by atoms with van der Waals surface area (Å²) in [6, 6.07) is 12.1. The highest BCUT2D eigenvalue weighted by atomic mass is 32.1. The Bertz CT molecular complexity index is 1050. The molecular weight excluding hydrogens is 406 g/mol. The third-order valence-corrected chi connectivity index (χ3v) is 7.08. The minimum atomic E-state index is -0.0101. The number of carbonyl (C=O) groups is 1. The van der Waals surface area contributed by atoms with E-state index in [2.05, 4.69) is 41.1 Å². The third-order valence-electron chi connectivity index (χ3n) is 5.81. The van der Waals surface area contributed by atoms with Crippen LogP contribution in [-0.4, -0.2) is 69.2 Å². The molecule has 1 amide bonds. The number of carbonyl (C=O) groups excluding carboxylic acids is 1. The Balaban J connectivity index is 1.25. The van der Waals surface area contributed by atoms with Gasteiger partial charge < -0.3 is 15.1 Å². The van der Waals surface area contributed by atoms with Gasteiger partial charge in [0.1, 0.15) is 0 Å². The topological polar surface area (TPSA) is 51.7 Å². The van der Waals surface area contributed by atoms with Crippen molar-refractivity contribution in [3.05, 3.63) is 53.1 Å². The Kier molecular flexibility index (Phi) is 6.43. The Labute approximate surface area is 188 Å². The molecule has 164 valence electrons. The van der Waals surface area contributed by atoms with Gasteiger partial charge in [0, 0.05) is 64.6 Å². The van der Waals surface area contributed by atoms with Gasteiger partial charge >= 0.3 is 0 Å². The molecule has 1 aliphatic rings. The summed E-state index contributed by atoms with van der Waals surface area (Å²) in [6.07, 6.45) is 0. The van der Waals surface area contributed by atoms with E-state index in [1.807, 2.05) is 43.3 Å². The minimum absolute atomic E-state index is 0.0101. The van der Waals surface area contributed by atoms with Crippen molar-refractivity contribution < 1.29 is 4.79 Å². The summed E-state index contributed by atoms with van der Waals surface area (Å²) >= 11 is 1.80. The second-order valence-corrected chi connectivity index (χ2v) is 9.43. The van der Waals surface area contributed by atoms with E-state index in [0.717, 1.165) is 49.1 Å². The Morgan fingerprint density at radius 2 is 1.81 bits per heavy atom. The summed E-state index contributed by atoms with van der Waals surface area (Å²) in [5.41, 5.74) is 5.48. The fourth-order valence-corrected chi connectivity index (χ4v) is 5.07. The van der Waals surface area contributed by atoms with E-state index in [1.165, 1.54) is 15.8 Å². The number of aromatic nitrogens is 1. The van der Waals surface area contributed by atoms with Crippen LogP contribution in [0.1, 0.15) is 21.5 Å². The summed E-state index contributed by atoms with van der Waals surface area (Å²) in [4.78, 5) is 24.1. The summed E-state index contributed by atoms with van der Waals surface area (Å²) in [5.74, 6) is -0.0101. The molecule has 31 heavy (non-hydrogen) atoms. The Morgan fingerprint density at radius 3 is 2.48 bits per heavy atom. The molecule has 1 N–H and O–H groups in total. The zero-order valence-electron chi connectivity index (χ0n) is 18.8. The Hall–Kier alpha value is -2.64. The van der Waals surface area contributed by atoms with E-state index in [9.17, 15) is 4.79 Å². The minimum Gasteiger partial charge on any atom is -0.378 e. The van der Waals surface area contributed by atoms with Gasteiger partial charge in [-0.15, -0.1) is 0 Å². The average Bonchev–Trinajstić information content (AvgIpc) is 3.18. The molecule has 0 unspecified atom stereocenters. The lowest BCUT2D eigenvalue weighted by molar-refractivity contribution is 0.0948. The van der Waals surface area contributed by atoms with E-state index in [-0.39, 0.29) is 5.91 Å². The average molecular weight is 438 g/mol. The first-order valence-corrected chi connectivity index (χ1v) is 11.6. The first kappa shape index (κ1) is 21.6. The summed E-state index contributed by atoms with van der Waals surface area (Å²) < 4.78 is 1.30. The number of hydrogen-bond acceptors (Lipinski definition) is 6. The van der Waals surface area contributed by atoms with Crippen molar-refractivity contribution in [2.45, 2.75) is 13.8 Å². The summed E-state index contributed by atoms with van der Waals surface area (Å²) in [6.45, 7) is 9.74. The molecule has 7 heteroatoms. The zero-order chi connectivity index (χ0) is 22.0. The number of nitrogens with one attached hydrogen (secondary N) is 1. The van der Waals surface area contributed by atoms with Crippen molar-refractivity contribution in [3.63, 3.8) is 0 Å². The Morgan fingerprint density at radius 1 is 1.10 bits per heavy atom. The van der Waals surface area contributed by atoms with Crippen LogP contribution in [0.15, 0.2) is 36.4 Å². The number of anilines is 2. The molecule has 4 rings (SSSR count). The van der Waals surface area contributed by atoms with Gasteiger partial charge in [0.15, 0.2) is 5.13 Å². The van der Waals surface area contributed by atoms with Gasteiger partial charge in [0.2, 0.25) is 0 Å². The fraction of sp³-hybridized carbons (Fsp3) is 0.417. The quantitative estimate of drug-likeness (QED) is 0.639. The highest BCUT2D eigenvalue weighted by Gasteiger charge is 2.20. The van der Waals surface area contributed by atoms with Gasteiger partial charge in [-0.2, -0.15) is 0 Å². The second kappa shape index (κ2) is 9.24. The van der Waals surface area contributed by atoms with Crippen molar-refractivity contribution in [1.82, 2.24) is 15.2 Å². The van der Waals surface area contributed by atoms with E-state index in [0.29, 0.717) is 12.1 Å². The molecule has 2 heterocycles. The first-order valence-electron chi connectivity index (χ1n) is 10.8. The predicted octanol–water partition coefficient (Wildman–Crippen LogP) is 3.53. The smallest absolute Gasteiger partial charge is 0.251 e. The normalized spacial score (nSPS) is 14.8. The van der Waals surface area contributed by atoms with Gasteiger partial charge in [0.05, 0.1) is 10.2 Å². The van der Waals surface area contributed by atoms with Crippen LogP contribution in [0.25, 0.3) is 10.2 Å². The van der Waals surface area contributed by atoms with E-state index in [1.54, 1.807) is 11.3 Å². The van der Waals surface area contributed by atoms with Gasteiger partial charge in [0.25, 0.3) is 5.91 Å². The highest BCUT2D eigenvalue weighted by Crippen LogP contribution is 2.32. The summed E-state index contributed by atoms with van der Waals surface area (Å²) in [5, 5.41) is 4.17. The van der Waals surface area contributed by atoms with E-state index in [4.69, 9.17) is 4.98 Å². The third kappa shape index (κ3) is 4.99. The number of amides is 1. The van der Waals surface area contributed by atoms with Gasteiger partial charge in [-0.3, -0.25) is 9.69 Å². The lowest BCUT2D eigenvalue weighted by Crippen LogP contribution is -2.48. The van der Waals surface area contributed by atoms with Crippen LogP contribution in [-0.2, 0) is 0 Å². The number of thiazole rings is 1. The molecule has 0 aliphatic carbocycles. The number of rotatable bonds is 6. The van der Waals surface area contributed by atoms with Crippen molar-refractivity contribution >= 4 is 38.3 Å². The monoisotopic (exact) mass is 437 g/mol. The molecule has 1 aromatic heterocycles. The van der Waals surface area contributed by atoms with Crippen LogP contribution in [0.2, 0.25) is 0 Å². The van der Waals surface area contributed by atoms with Crippen LogP contribution in [0.5, 0.6) is 0 Å². The number of hydrogen-bond donors (Lipinski definition) is 1. The lowest BCUT2D eigenvalue weighted by Gasteiger charge is -2.34. The standard InChI is InChI=1S/C24H31N5OS/c1-17-15-18(2)22-21(16-17)26-24(31-22)29-13-11-28(12-14-29)10-9-25-23(30)19-5-7-20(8-6-19)27(3)4/h5-8,15-16H,9-14H2,1-4H3,(H,25,30). The molecule has 1 saturated heterocycles. The molecule has 0 spiro atoms. The largest absolute Gasteiger partial charge is 0.378 e. The number of aryl methyl sites for hydroxylation is 2. The van der Waals surface area contributed by atoms with Crippen molar-refractivity contribution in [2.24, 2.45) is 0 Å². The van der Waals surface area contributed by atoms with Crippen molar-refractivity contribution in [3.8, 4) is 0 Å². The molecule has 2 aromatic carbocycles. The van der Waals surface area contributed by atoms with Crippen LogP contribution in [0, 0.1) is 13.8 Å². The molecule has 0 atom stereocenters. The molecule has 0 radical (unpaired) electrons. The fourth-order valence-electron chi connectivity index (χ4n) is 4.00. The van der Waals surface area contributed by atoms with Crippen LogP contribution in [0.4, 0.5) is 10.8 Å². The maximum Gasteiger partial charge on any atom is 0.251 e. The van der Waals surface area contributed by atoms with Gasteiger partial charge in [-0.25, -0.2) is 4.98 Å². The SMILES string of the molecule is Cc1cc(C)c2sc(N3CCN(CCNC(=O)c4ccc(N(C)C)cc4)CC3)nc2c1. The molecular formula is C24H31N5OS. The van der Waals surface area contributed by atoms with Gasteiger partial charge in [-0.05, 0) is 55.3 Å². The lowest BCUT2D eigenvalue weighted by atomic mass is 10.1. The molecule has 3 aromatic rings. The van der Waals surface area contributed by atoms with Crippen molar-refractivity contribution in [1.29, 1.82) is 0 Å². The van der Waals surface area contributed by atoms with Crippen LogP contribution in [0.3, 0.4) is 0 Å². The van der Waals surface area contributed by atoms with E-state index < -0.39 is 0 Å². The van der Waals surface area contributed by atoms with Gasteiger partial charge in [-0.1, -0.05) is 17.4 Å². The summed E-state index contributed by atoms with van der Waals surface area (Å²) in [7, 11) is 3.99. The van der Waals surface area contributed by atoms with Crippen molar-refractivity contribution in [2.75, 3.05) is 63.2 Å². The number of benzene rings is 2. The molecule has 0 bridgehead atoms. The maximum absolute atomic E-state index is 12.4. The molecule has 1 fully saturated rings. The molecule has 1 aliphatic heterocycles. The van der Waals surface area contributed by atoms with Crippen LogP contribution < -0.4 is 15.1 Å².